The number of unbranched alkanes of at least 4 members (excludes halogenated alkanes) is 1. The number of nitrogens with zero attached hydrogens (tertiary/aromatic N) is 2. The van der Waals surface area contributed by atoms with Gasteiger partial charge in [-0.15, -0.1) is 0 Å². The van der Waals surface area contributed by atoms with E-state index in [4.69, 9.17) is 34.1 Å². The Bertz CT molecular complexity index is 1550. The standard InChI is InChI=1S/C44H71N10O6/c45-23-11-10-20-36(52-39(57)33(46)26-30-14-4-1-5-15-30)42(60)53-25-12-21-37(53)38(56)44(29-55,22-13-24-51-43(49)50)54(40(58)34(47)27-31-16-6-2-7-17-31)41(59)35(48)28-32-18-8-3-9-19-32/h1,4-5,14-15,31-37H,2-3,6-13,16-28,45-48H2,(H,52,57)(H4,49,50,51)/t33-,34-,35+,36-,37-,44-/m0/s1. The predicted octanol–water partition coefficient (Wildman–Crippen LogP) is 1.79. The average molecular weight is 836 g/mol. The molecule has 0 spiro atoms. The van der Waals surface area contributed by atoms with Crippen molar-refractivity contribution in [2.24, 2.45) is 40.5 Å². The van der Waals surface area contributed by atoms with Gasteiger partial charge in [0, 0.05) is 13.1 Å². The predicted molar refractivity (Wildman–Crippen MR) is 230 cm³/mol. The molecule has 13 N–H and O–H groups in total. The summed E-state index contributed by atoms with van der Waals surface area (Å²) in [6.07, 6.45) is 13.7. The normalized spacial score (nSPS) is 20.5. The van der Waals surface area contributed by atoms with Crippen LogP contribution < -0.4 is 39.3 Å². The Hall–Kier alpha value is -4.25. The highest BCUT2D eigenvalue weighted by Crippen LogP contribution is 2.34. The Morgan fingerprint density at radius 2 is 1.40 bits per heavy atom. The van der Waals surface area contributed by atoms with Crippen LogP contribution in [0.15, 0.2) is 30.3 Å². The van der Waals surface area contributed by atoms with Crippen LogP contribution in [-0.2, 0) is 35.2 Å². The van der Waals surface area contributed by atoms with E-state index in [0.717, 1.165) is 69.8 Å². The number of benzene rings is 1. The van der Waals surface area contributed by atoms with Crippen LogP contribution in [0.4, 0.5) is 0 Å². The second-order valence-electron chi connectivity index (χ2n) is 17.3. The average Bonchev–Trinajstić information content (AvgIpc) is 3.74. The van der Waals surface area contributed by atoms with Gasteiger partial charge in [0.15, 0.2) is 17.3 Å². The summed E-state index contributed by atoms with van der Waals surface area (Å²) in [5.41, 5.74) is 29.3. The molecule has 0 bridgehead atoms. The number of hydrogen-bond donors (Lipinski definition) is 8. The van der Waals surface area contributed by atoms with E-state index in [0.29, 0.717) is 30.7 Å². The minimum absolute atomic E-state index is 0.0189. The second kappa shape index (κ2) is 24.3. The van der Waals surface area contributed by atoms with Gasteiger partial charge in [0.25, 0.3) is 0 Å². The first-order valence-corrected chi connectivity index (χ1v) is 22.3. The summed E-state index contributed by atoms with van der Waals surface area (Å²) in [5, 5.41) is 13.2. The second-order valence-corrected chi connectivity index (χ2v) is 17.3. The first-order valence-electron chi connectivity index (χ1n) is 22.3. The van der Waals surface area contributed by atoms with Gasteiger partial charge >= 0.3 is 0 Å². The Kier molecular flexibility index (Phi) is 19.6. The number of rotatable bonds is 23. The van der Waals surface area contributed by atoms with Crippen molar-refractivity contribution in [2.45, 2.75) is 164 Å². The number of Topliss-reactive ketones (excluding diaryl/α,β-unsaturated/α-hetero) is 1. The number of nitrogens with two attached hydrogens (primary N) is 5. The minimum atomic E-state index is -2.51. The van der Waals surface area contributed by atoms with Crippen LogP contribution in [0.25, 0.3) is 0 Å². The van der Waals surface area contributed by atoms with E-state index in [9.17, 15) is 24.0 Å². The van der Waals surface area contributed by atoms with Gasteiger partial charge in [-0.1, -0.05) is 94.5 Å². The first-order chi connectivity index (χ1) is 28.8. The molecular formula is C44H71N10O6. The van der Waals surface area contributed by atoms with E-state index in [1.54, 1.807) is 0 Å². The Labute approximate surface area is 355 Å². The fourth-order valence-corrected chi connectivity index (χ4v) is 9.41. The van der Waals surface area contributed by atoms with Crippen LogP contribution >= 0.6 is 0 Å². The Balaban J connectivity index is 1.71. The molecule has 2 aliphatic carbocycles. The lowest BCUT2D eigenvalue weighted by Gasteiger charge is -2.42. The third kappa shape index (κ3) is 13.4. The number of imide groups is 1. The van der Waals surface area contributed by atoms with Crippen molar-refractivity contribution in [1.82, 2.24) is 20.4 Å². The molecule has 16 nitrogen and oxygen atoms in total. The van der Waals surface area contributed by atoms with Gasteiger partial charge in [-0.2, -0.15) is 0 Å². The molecule has 1 aliphatic heterocycles. The maximum atomic E-state index is 15.3. The maximum absolute atomic E-state index is 15.3. The van der Waals surface area contributed by atoms with E-state index in [-0.39, 0.29) is 75.8 Å². The molecule has 2 saturated carbocycles. The van der Waals surface area contributed by atoms with Crippen LogP contribution in [0, 0.1) is 17.2 Å². The molecule has 3 fully saturated rings. The van der Waals surface area contributed by atoms with Crippen molar-refractivity contribution in [3.8, 4) is 0 Å². The van der Waals surface area contributed by atoms with Crippen molar-refractivity contribution in [3.05, 3.63) is 35.9 Å². The molecule has 1 aromatic rings. The molecule has 16 heteroatoms. The van der Waals surface area contributed by atoms with Gasteiger partial charge in [0.2, 0.25) is 29.9 Å². The third-order valence-electron chi connectivity index (χ3n) is 12.7. The molecular weight excluding hydrogens is 765 g/mol. The molecule has 1 heterocycles. The van der Waals surface area contributed by atoms with Crippen LogP contribution in [-0.4, -0.2) is 107 Å². The number of nitrogens with one attached hydrogen (secondary N) is 3. The fraction of sp³-hybridized carbons (Fsp3) is 0.705. The number of ketones is 1. The van der Waals surface area contributed by atoms with Gasteiger partial charge in [0.05, 0.1) is 24.2 Å². The van der Waals surface area contributed by atoms with Crippen LogP contribution in [0.2, 0.25) is 0 Å². The lowest BCUT2D eigenvalue weighted by molar-refractivity contribution is -0.159. The minimum Gasteiger partial charge on any atom is -0.370 e. The van der Waals surface area contributed by atoms with Gasteiger partial charge in [0.1, 0.15) is 6.04 Å². The van der Waals surface area contributed by atoms with Crippen molar-refractivity contribution >= 4 is 41.7 Å². The van der Waals surface area contributed by atoms with Crippen LogP contribution in [0.1, 0.15) is 128 Å². The lowest BCUT2D eigenvalue weighted by atomic mass is 9.80. The maximum Gasteiger partial charge on any atom is 0.247 e. The fourth-order valence-electron chi connectivity index (χ4n) is 9.41. The van der Waals surface area contributed by atoms with Gasteiger partial charge in [-0.25, -0.2) is 0 Å². The number of amides is 4. The Morgan fingerprint density at radius 1 is 0.817 bits per heavy atom. The van der Waals surface area contributed by atoms with E-state index in [1.807, 2.05) is 36.6 Å². The monoisotopic (exact) mass is 836 g/mol. The highest BCUT2D eigenvalue weighted by molar-refractivity contribution is 6.15. The van der Waals surface area contributed by atoms with E-state index in [2.05, 4.69) is 10.6 Å². The van der Waals surface area contributed by atoms with E-state index in [1.165, 1.54) is 4.90 Å². The summed E-state index contributed by atoms with van der Waals surface area (Å²) in [5.74, 6) is -3.77. The number of carbonyl (C=O) groups excluding carboxylic acids is 6. The first kappa shape index (κ1) is 48.4. The summed E-state index contributed by atoms with van der Waals surface area (Å²) < 4.78 is 0. The summed E-state index contributed by atoms with van der Waals surface area (Å²) >= 11 is 0. The molecule has 0 unspecified atom stereocenters. The van der Waals surface area contributed by atoms with Gasteiger partial charge in [-0.05, 0) is 88.2 Å². The summed E-state index contributed by atoms with van der Waals surface area (Å²) in [4.78, 5) is 88.8. The quantitative estimate of drug-likeness (QED) is 0.0339. The number of guanidine groups is 1. The van der Waals surface area contributed by atoms with E-state index < -0.39 is 65.2 Å². The highest BCUT2D eigenvalue weighted by Gasteiger charge is 2.56. The zero-order valence-electron chi connectivity index (χ0n) is 35.4. The van der Waals surface area contributed by atoms with Crippen LogP contribution in [0.3, 0.4) is 0 Å². The topological polar surface area (TPSA) is 287 Å². The Morgan fingerprint density at radius 3 is 1.93 bits per heavy atom. The molecule has 333 valence electrons. The summed E-state index contributed by atoms with van der Waals surface area (Å²) in [7, 11) is 0. The molecule has 1 aromatic carbocycles. The molecule has 1 saturated heterocycles. The van der Waals surface area contributed by atoms with Crippen LogP contribution in [0.5, 0.6) is 0 Å². The molecule has 60 heavy (non-hydrogen) atoms. The number of carbonyl (C=O) groups is 5. The smallest absolute Gasteiger partial charge is 0.247 e. The lowest BCUT2D eigenvalue weighted by Crippen LogP contribution is -2.69. The largest absolute Gasteiger partial charge is 0.370 e. The van der Waals surface area contributed by atoms with Crippen molar-refractivity contribution in [2.75, 3.05) is 19.6 Å². The van der Waals surface area contributed by atoms with E-state index >= 15 is 4.79 Å². The van der Waals surface area contributed by atoms with Crippen molar-refractivity contribution < 1.29 is 28.8 Å². The highest BCUT2D eigenvalue weighted by atomic mass is 16.2. The number of hydrogen-bond acceptors (Lipinski definition) is 11. The molecule has 4 rings (SSSR count). The summed E-state index contributed by atoms with van der Waals surface area (Å²) in [6.45, 7) is 0.531. The zero-order valence-corrected chi connectivity index (χ0v) is 35.4. The zero-order chi connectivity index (χ0) is 43.7. The molecule has 1 radical (unpaired) electrons. The molecule has 6 atom stereocenters. The number of likely N-dealkylation sites (tertiary alicyclic amines) is 1. The molecule has 4 amide bonds. The van der Waals surface area contributed by atoms with Gasteiger partial charge < -0.3 is 44.2 Å². The SMILES string of the molecule is N=C(N)NCCC[C@]([C]=O)(C(=O)[C@@H]1CCCN1C(=O)[C@H](CCCCN)NC(=O)[C@@H](N)Cc1ccccc1)N(C(=O)[C@H](N)CC1CCCCC1)C(=O)[C@@H](N)CC1CCCCC1. The summed E-state index contributed by atoms with van der Waals surface area (Å²) in [6, 6.07) is 3.56. The third-order valence-corrected chi connectivity index (χ3v) is 12.7. The van der Waals surface area contributed by atoms with Crippen molar-refractivity contribution in [3.63, 3.8) is 0 Å². The van der Waals surface area contributed by atoms with Gasteiger partial charge in [-0.3, -0.25) is 39.1 Å². The molecule has 0 aromatic heterocycles. The molecule has 3 aliphatic rings. The van der Waals surface area contributed by atoms with Crippen molar-refractivity contribution in [1.29, 1.82) is 5.41 Å².